The zero-order valence-electron chi connectivity index (χ0n) is 17.8. The normalized spacial score (nSPS) is 18.4. The number of allylic oxidation sites excluding steroid dienone is 1. The minimum absolute atomic E-state index is 0.0844. The van der Waals surface area contributed by atoms with E-state index in [1.54, 1.807) is 11.8 Å². The fourth-order valence-electron chi connectivity index (χ4n) is 4.06. The predicted molar refractivity (Wildman–Crippen MR) is 135 cm³/mol. The van der Waals surface area contributed by atoms with E-state index in [1.807, 2.05) is 48.5 Å². The Hall–Kier alpha value is -2.35. The summed E-state index contributed by atoms with van der Waals surface area (Å²) in [6.07, 6.45) is 3.57. The van der Waals surface area contributed by atoms with Crippen LogP contribution < -0.4 is 5.01 Å². The van der Waals surface area contributed by atoms with Crippen molar-refractivity contribution >= 4 is 61.7 Å². The van der Waals surface area contributed by atoms with Crippen molar-refractivity contribution < 1.29 is 4.79 Å². The number of anilines is 1. The highest BCUT2D eigenvalue weighted by Crippen LogP contribution is 2.34. The van der Waals surface area contributed by atoms with E-state index in [9.17, 15) is 4.79 Å². The number of piperidine rings is 1. The summed E-state index contributed by atoms with van der Waals surface area (Å²) in [5.41, 5.74) is 3.43. The van der Waals surface area contributed by atoms with Crippen LogP contribution in [-0.4, -0.2) is 40.3 Å². The molecule has 0 saturated carbocycles. The molecule has 8 heteroatoms. The second-order valence-corrected chi connectivity index (χ2v) is 10.4. The number of rotatable bonds is 5. The molecule has 32 heavy (non-hydrogen) atoms. The van der Waals surface area contributed by atoms with Crippen LogP contribution in [0.4, 0.5) is 5.13 Å². The van der Waals surface area contributed by atoms with Crippen LogP contribution in [0.3, 0.4) is 0 Å². The molecular weight excluding hydrogens is 460 g/mol. The van der Waals surface area contributed by atoms with Gasteiger partial charge < -0.3 is 4.90 Å². The number of aromatic nitrogens is 1. The molecule has 5 nitrogen and oxygen atoms in total. The van der Waals surface area contributed by atoms with Crippen molar-refractivity contribution in [2.24, 2.45) is 5.10 Å². The fraction of sp³-hybridized carbons (Fsp3) is 0.292. The summed E-state index contributed by atoms with van der Waals surface area (Å²) in [5, 5.41) is 7.60. The summed E-state index contributed by atoms with van der Waals surface area (Å²) >= 11 is 9.18. The van der Waals surface area contributed by atoms with Gasteiger partial charge in [0.05, 0.1) is 21.5 Å². The largest absolute Gasteiger partial charge is 0.374 e. The van der Waals surface area contributed by atoms with Crippen molar-refractivity contribution in [1.29, 1.82) is 0 Å². The first kappa shape index (κ1) is 21.5. The van der Waals surface area contributed by atoms with Gasteiger partial charge in [-0.2, -0.15) is 10.1 Å². The number of hydrogen-bond acceptors (Lipinski definition) is 6. The number of amides is 1. The fourth-order valence-corrected chi connectivity index (χ4v) is 5.94. The van der Waals surface area contributed by atoms with E-state index in [0.29, 0.717) is 21.5 Å². The standard InChI is InChI=1S/C24H23ClN4OS2/c1-16(28-13-5-2-6-14-28)22-20(15-31-18-11-9-17(25)10-12-18)27-29(23(22)30)24-26-19-7-3-4-8-21(19)32-24/h3-4,7-12H,2,5-6,13-15H2,1H3/b22-16-. The molecule has 0 atom stereocenters. The van der Waals surface area contributed by atoms with Crippen LogP contribution in [0.5, 0.6) is 0 Å². The lowest BCUT2D eigenvalue weighted by Crippen LogP contribution is -2.32. The molecule has 1 amide bonds. The van der Waals surface area contributed by atoms with Crippen LogP contribution >= 0.6 is 34.7 Å². The Morgan fingerprint density at radius 1 is 1.09 bits per heavy atom. The molecule has 0 aliphatic carbocycles. The highest BCUT2D eigenvalue weighted by molar-refractivity contribution is 8.00. The number of para-hydroxylation sites is 1. The number of nitrogens with zero attached hydrogens (tertiary/aromatic N) is 4. The Morgan fingerprint density at radius 2 is 1.84 bits per heavy atom. The molecule has 5 rings (SSSR count). The van der Waals surface area contributed by atoms with Crippen molar-refractivity contribution in [1.82, 2.24) is 9.88 Å². The van der Waals surface area contributed by atoms with Gasteiger partial charge in [-0.15, -0.1) is 11.8 Å². The summed E-state index contributed by atoms with van der Waals surface area (Å²) in [6, 6.07) is 15.7. The number of halogens is 1. The number of thioether (sulfide) groups is 1. The van der Waals surface area contributed by atoms with E-state index in [2.05, 4.69) is 16.8 Å². The molecule has 3 aromatic rings. The van der Waals surface area contributed by atoms with Crippen molar-refractivity contribution in [3.8, 4) is 0 Å². The number of hydrazone groups is 1. The molecule has 0 spiro atoms. The first-order valence-electron chi connectivity index (χ1n) is 10.7. The Kier molecular flexibility index (Phi) is 6.22. The van der Waals surface area contributed by atoms with Gasteiger partial charge in [0, 0.05) is 34.5 Å². The molecule has 3 heterocycles. The topological polar surface area (TPSA) is 48.8 Å². The monoisotopic (exact) mass is 482 g/mol. The van der Waals surface area contributed by atoms with Crippen molar-refractivity contribution in [3.05, 3.63) is 64.8 Å². The maximum Gasteiger partial charge on any atom is 0.284 e. The number of carbonyl (C=O) groups excluding carboxylic acids is 1. The number of hydrogen-bond donors (Lipinski definition) is 0. The Bertz CT molecular complexity index is 1180. The van der Waals surface area contributed by atoms with E-state index in [-0.39, 0.29) is 5.91 Å². The van der Waals surface area contributed by atoms with Crippen LogP contribution in [-0.2, 0) is 4.79 Å². The van der Waals surface area contributed by atoms with Crippen LogP contribution in [0.15, 0.2) is 69.8 Å². The second kappa shape index (κ2) is 9.25. The molecule has 1 saturated heterocycles. The molecule has 164 valence electrons. The quantitative estimate of drug-likeness (QED) is 0.320. The van der Waals surface area contributed by atoms with Gasteiger partial charge >= 0.3 is 0 Å². The third kappa shape index (κ3) is 4.29. The van der Waals surface area contributed by atoms with Gasteiger partial charge in [-0.05, 0) is 62.6 Å². The zero-order valence-corrected chi connectivity index (χ0v) is 20.1. The lowest BCUT2D eigenvalue weighted by atomic mass is 10.1. The minimum atomic E-state index is -0.0844. The molecule has 2 aromatic carbocycles. The molecule has 2 aliphatic heterocycles. The van der Waals surface area contributed by atoms with E-state index in [4.69, 9.17) is 16.7 Å². The van der Waals surface area contributed by atoms with Crippen LogP contribution in [0, 0.1) is 0 Å². The van der Waals surface area contributed by atoms with Gasteiger partial charge in [0.1, 0.15) is 0 Å². The van der Waals surface area contributed by atoms with Crippen LogP contribution in [0.25, 0.3) is 10.2 Å². The SMILES string of the molecule is C/C(=C1/C(=O)N(c2nc3ccccc3s2)N=C1CSc1ccc(Cl)cc1)N1CCCCC1. The molecule has 1 fully saturated rings. The third-order valence-electron chi connectivity index (χ3n) is 5.76. The third-order valence-corrected chi connectivity index (χ3v) is 8.05. The van der Waals surface area contributed by atoms with Gasteiger partial charge in [-0.1, -0.05) is 35.1 Å². The summed E-state index contributed by atoms with van der Waals surface area (Å²) in [5.74, 6) is 0.522. The van der Waals surface area contributed by atoms with Crippen LogP contribution in [0.2, 0.25) is 5.02 Å². The van der Waals surface area contributed by atoms with E-state index in [1.165, 1.54) is 22.8 Å². The Balaban J connectivity index is 1.49. The molecule has 0 bridgehead atoms. The van der Waals surface area contributed by atoms with Gasteiger partial charge in [0.25, 0.3) is 5.91 Å². The van der Waals surface area contributed by atoms with Gasteiger partial charge in [-0.25, -0.2) is 4.98 Å². The van der Waals surface area contributed by atoms with Gasteiger partial charge in [0.15, 0.2) is 0 Å². The summed E-state index contributed by atoms with van der Waals surface area (Å²) in [4.78, 5) is 21.7. The average molecular weight is 483 g/mol. The first-order valence-corrected chi connectivity index (χ1v) is 12.9. The van der Waals surface area contributed by atoms with Crippen LogP contribution in [0.1, 0.15) is 26.2 Å². The summed E-state index contributed by atoms with van der Waals surface area (Å²) in [7, 11) is 0. The van der Waals surface area contributed by atoms with E-state index in [0.717, 1.165) is 52.5 Å². The average Bonchev–Trinajstić information content (AvgIpc) is 3.39. The first-order chi connectivity index (χ1) is 15.6. The maximum absolute atomic E-state index is 13.6. The lowest BCUT2D eigenvalue weighted by molar-refractivity contribution is -0.114. The van der Waals surface area contributed by atoms with E-state index < -0.39 is 0 Å². The zero-order chi connectivity index (χ0) is 22.1. The minimum Gasteiger partial charge on any atom is -0.374 e. The number of carbonyl (C=O) groups is 1. The smallest absolute Gasteiger partial charge is 0.284 e. The lowest BCUT2D eigenvalue weighted by Gasteiger charge is -2.30. The Labute approximate surface area is 200 Å². The molecular formula is C24H23ClN4OS2. The number of benzene rings is 2. The van der Waals surface area contributed by atoms with Crippen molar-refractivity contribution in [2.45, 2.75) is 31.1 Å². The summed E-state index contributed by atoms with van der Waals surface area (Å²) < 4.78 is 1.05. The predicted octanol–water partition coefficient (Wildman–Crippen LogP) is 6.20. The summed E-state index contributed by atoms with van der Waals surface area (Å²) in [6.45, 7) is 4.03. The highest BCUT2D eigenvalue weighted by atomic mass is 35.5. The maximum atomic E-state index is 13.6. The molecule has 0 unspecified atom stereocenters. The molecule has 0 N–H and O–H groups in total. The van der Waals surface area contributed by atoms with Crippen molar-refractivity contribution in [2.75, 3.05) is 23.9 Å². The van der Waals surface area contributed by atoms with Crippen molar-refractivity contribution in [3.63, 3.8) is 0 Å². The second-order valence-electron chi connectivity index (χ2n) is 7.88. The number of fused-ring (bicyclic) bond motifs is 1. The van der Waals surface area contributed by atoms with Gasteiger partial charge in [-0.3, -0.25) is 4.79 Å². The van der Waals surface area contributed by atoms with E-state index >= 15 is 0 Å². The molecule has 2 aliphatic rings. The molecule has 1 aromatic heterocycles. The Morgan fingerprint density at radius 3 is 2.59 bits per heavy atom. The van der Waals surface area contributed by atoms with Gasteiger partial charge in [0.2, 0.25) is 5.13 Å². The number of thiazole rings is 1. The number of likely N-dealkylation sites (tertiary alicyclic amines) is 1. The highest BCUT2D eigenvalue weighted by Gasteiger charge is 2.35. The molecule has 0 radical (unpaired) electrons.